The average Bonchev–Trinajstić information content (AvgIpc) is 2.43. The summed E-state index contributed by atoms with van der Waals surface area (Å²) >= 11 is 0. The predicted molar refractivity (Wildman–Crippen MR) is 66.0 cm³/mol. The number of aliphatic hydroxyl groups is 2. The van der Waals surface area contributed by atoms with Crippen LogP contribution in [-0.4, -0.2) is 43.8 Å². The molecule has 4 N–H and O–H groups in total. The lowest BCUT2D eigenvalue weighted by Crippen LogP contribution is -2.21. The smallest absolute Gasteiger partial charge is 0.203 e. The Morgan fingerprint density at radius 3 is 2.17 bits per heavy atom. The van der Waals surface area contributed by atoms with Gasteiger partial charge in [0.1, 0.15) is 12.7 Å². The van der Waals surface area contributed by atoms with Gasteiger partial charge >= 0.3 is 0 Å². The van der Waals surface area contributed by atoms with Crippen LogP contribution in [0.25, 0.3) is 0 Å². The number of nitrogens with two attached hydrogens (primary N) is 1. The van der Waals surface area contributed by atoms with Crippen LogP contribution in [0, 0.1) is 0 Å². The Kier molecular flexibility index (Phi) is 5.70. The second kappa shape index (κ2) is 7.05. The molecule has 0 amide bonds. The van der Waals surface area contributed by atoms with E-state index in [-0.39, 0.29) is 13.2 Å². The maximum Gasteiger partial charge on any atom is 0.203 e. The van der Waals surface area contributed by atoms with Crippen LogP contribution in [0.15, 0.2) is 12.1 Å². The van der Waals surface area contributed by atoms with Crippen LogP contribution in [0.1, 0.15) is 5.56 Å². The Morgan fingerprint density at radius 1 is 1.22 bits per heavy atom. The highest BCUT2D eigenvalue weighted by Crippen LogP contribution is 2.38. The number of hydrogen-bond donors (Lipinski definition) is 3. The summed E-state index contributed by atoms with van der Waals surface area (Å²) in [5.74, 6) is 1.32. The topological polar surface area (TPSA) is 94.2 Å². The monoisotopic (exact) mass is 257 g/mol. The van der Waals surface area contributed by atoms with Crippen molar-refractivity contribution in [1.82, 2.24) is 0 Å². The fourth-order valence-electron chi connectivity index (χ4n) is 1.43. The molecule has 18 heavy (non-hydrogen) atoms. The first-order chi connectivity index (χ1) is 8.65. The predicted octanol–water partition coefficient (Wildman–Crippen LogP) is -0.105. The molecule has 1 aromatic rings. The van der Waals surface area contributed by atoms with Crippen molar-refractivity contribution >= 4 is 0 Å². The van der Waals surface area contributed by atoms with Gasteiger partial charge in [0.2, 0.25) is 5.75 Å². The van der Waals surface area contributed by atoms with Crippen molar-refractivity contribution in [3.8, 4) is 17.2 Å². The first-order valence-corrected chi connectivity index (χ1v) is 5.52. The summed E-state index contributed by atoms with van der Waals surface area (Å²) in [5, 5.41) is 18.0. The van der Waals surface area contributed by atoms with Crippen molar-refractivity contribution in [3.63, 3.8) is 0 Å². The number of hydrogen-bond acceptors (Lipinski definition) is 6. The van der Waals surface area contributed by atoms with Crippen molar-refractivity contribution in [2.75, 3.05) is 27.4 Å². The van der Waals surface area contributed by atoms with Gasteiger partial charge in [0.15, 0.2) is 11.5 Å². The van der Waals surface area contributed by atoms with E-state index in [1.807, 2.05) is 0 Å². The first kappa shape index (κ1) is 14.6. The average molecular weight is 257 g/mol. The van der Waals surface area contributed by atoms with Crippen LogP contribution < -0.4 is 19.9 Å². The molecule has 1 aromatic carbocycles. The Balaban J connectivity index is 2.99. The molecule has 0 spiro atoms. The van der Waals surface area contributed by atoms with Crippen LogP contribution >= 0.6 is 0 Å². The zero-order valence-electron chi connectivity index (χ0n) is 10.5. The number of benzene rings is 1. The lowest BCUT2D eigenvalue weighted by atomic mass is 10.2. The Labute approximate surface area is 106 Å². The molecular weight excluding hydrogens is 238 g/mol. The van der Waals surface area contributed by atoms with Crippen molar-refractivity contribution < 1.29 is 24.4 Å². The molecule has 6 heteroatoms. The van der Waals surface area contributed by atoms with E-state index in [0.717, 1.165) is 5.56 Å². The van der Waals surface area contributed by atoms with Crippen molar-refractivity contribution in [3.05, 3.63) is 17.7 Å². The molecule has 0 aliphatic carbocycles. The summed E-state index contributed by atoms with van der Waals surface area (Å²) in [6, 6.07) is 3.48. The highest BCUT2D eigenvalue weighted by Gasteiger charge is 2.15. The van der Waals surface area contributed by atoms with Crippen molar-refractivity contribution in [1.29, 1.82) is 0 Å². The zero-order chi connectivity index (χ0) is 13.5. The number of ether oxygens (including phenoxy) is 3. The van der Waals surface area contributed by atoms with Crippen LogP contribution in [-0.2, 0) is 6.54 Å². The molecule has 0 aliphatic heterocycles. The molecular formula is C12H19NO5. The molecule has 1 unspecified atom stereocenters. The third-order valence-electron chi connectivity index (χ3n) is 2.39. The largest absolute Gasteiger partial charge is 0.493 e. The molecule has 0 saturated heterocycles. The molecule has 0 heterocycles. The quantitative estimate of drug-likeness (QED) is 0.631. The van der Waals surface area contributed by atoms with Gasteiger partial charge in [-0.2, -0.15) is 0 Å². The molecule has 0 radical (unpaired) electrons. The maximum absolute atomic E-state index is 9.27. The molecule has 0 fully saturated rings. The van der Waals surface area contributed by atoms with Crippen LogP contribution in [0.3, 0.4) is 0 Å². The minimum atomic E-state index is -0.950. The summed E-state index contributed by atoms with van der Waals surface area (Å²) in [6.07, 6.45) is -0.950. The summed E-state index contributed by atoms with van der Waals surface area (Å²) in [4.78, 5) is 0. The number of aliphatic hydroxyl groups excluding tert-OH is 2. The zero-order valence-corrected chi connectivity index (χ0v) is 10.5. The van der Waals surface area contributed by atoms with E-state index in [0.29, 0.717) is 23.8 Å². The molecule has 6 nitrogen and oxygen atoms in total. The van der Waals surface area contributed by atoms with E-state index in [1.54, 1.807) is 12.1 Å². The molecule has 0 saturated carbocycles. The fourth-order valence-corrected chi connectivity index (χ4v) is 1.43. The van der Waals surface area contributed by atoms with E-state index in [4.69, 9.17) is 25.1 Å². The lowest BCUT2D eigenvalue weighted by Gasteiger charge is -2.17. The highest BCUT2D eigenvalue weighted by atomic mass is 16.5. The van der Waals surface area contributed by atoms with Crippen molar-refractivity contribution in [2.24, 2.45) is 5.73 Å². The molecule has 0 bridgehead atoms. The Morgan fingerprint density at radius 2 is 1.78 bits per heavy atom. The molecule has 1 atom stereocenters. The van der Waals surface area contributed by atoms with Crippen LogP contribution in [0.2, 0.25) is 0 Å². The van der Waals surface area contributed by atoms with E-state index in [1.165, 1.54) is 14.2 Å². The van der Waals surface area contributed by atoms with Gasteiger partial charge in [0.25, 0.3) is 0 Å². The maximum atomic E-state index is 9.27. The highest BCUT2D eigenvalue weighted by molar-refractivity contribution is 5.53. The number of rotatable bonds is 7. The van der Waals surface area contributed by atoms with Crippen molar-refractivity contribution in [2.45, 2.75) is 12.6 Å². The van der Waals surface area contributed by atoms with Gasteiger partial charge < -0.3 is 30.2 Å². The van der Waals surface area contributed by atoms with Crippen LogP contribution in [0.5, 0.6) is 17.2 Å². The molecule has 1 rings (SSSR count). The summed E-state index contributed by atoms with van der Waals surface area (Å²) < 4.78 is 15.8. The molecule has 0 aromatic heterocycles. The summed E-state index contributed by atoms with van der Waals surface area (Å²) in [5.41, 5.74) is 6.41. The van der Waals surface area contributed by atoms with Gasteiger partial charge in [-0.25, -0.2) is 0 Å². The van der Waals surface area contributed by atoms with Gasteiger partial charge in [-0.15, -0.1) is 0 Å². The Hall–Kier alpha value is -1.50. The fraction of sp³-hybridized carbons (Fsp3) is 0.500. The minimum absolute atomic E-state index is 0.0504. The van der Waals surface area contributed by atoms with Gasteiger partial charge in [-0.05, 0) is 17.7 Å². The first-order valence-electron chi connectivity index (χ1n) is 5.52. The van der Waals surface area contributed by atoms with Gasteiger partial charge in [-0.1, -0.05) is 0 Å². The van der Waals surface area contributed by atoms with Crippen LogP contribution in [0.4, 0.5) is 0 Å². The second-order valence-electron chi connectivity index (χ2n) is 3.68. The second-order valence-corrected chi connectivity index (χ2v) is 3.68. The molecule has 0 aliphatic rings. The van der Waals surface area contributed by atoms with Gasteiger partial charge in [0, 0.05) is 6.54 Å². The third-order valence-corrected chi connectivity index (χ3v) is 2.39. The van der Waals surface area contributed by atoms with Gasteiger partial charge in [-0.3, -0.25) is 0 Å². The third kappa shape index (κ3) is 3.49. The normalized spacial score (nSPS) is 12.1. The van der Waals surface area contributed by atoms with E-state index in [2.05, 4.69) is 0 Å². The van der Waals surface area contributed by atoms with E-state index >= 15 is 0 Å². The number of methoxy groups -OCH3 is 2. The lowest BCUT2D eigenvalue weighted by molar-refractivity contribution is 0.0518. The summed E-state index contributed by atoms with van der Waals surface area (Å²) in [7, 11) is 3.01. The molecule has 102 valence electrons. The van der Waals surface area contributed by atoms with E-state index < -0.39 is 6.10 Å². The Bertz CT molecular complexity index is 358. The summed E-state index contributed by atoms with van der Waals surface area (Å²) in [6.45, 7) is -0.0665. The van der Waals surface area contributed by atoms with E-state index in [9.17, 15) is 5.11 Å². The standard InChI is InChI=1S/C12H19NO5/c1-16-10-3-8(5-13)4-11(17-2)12(10)18-7-9(15)6-14/h3-4,9,14-15H,5-7,13H2,1-2H3. The van der Waals surface area contributed by atoms with Gasteiger partial charge in [0.05, 0.1) is 20.8 Å². The SMILES string of the molecule is COc1cc(CN)cc(OC)c1OCC(O)CO. The minimum Gasteiger partial charge on any atom is -0.493 e.